The van der Waals surface area contributed by atoms with E-state index in [-0.39, 0.29) is 17.4 Å². The Bertz CT molecular complexity index is 1060. The maximum Gasteiger partial charge on any atom is 0.373 e. The molecule has 3 rings (SSSR count). The van der Waals surface area contributed by atoms with E-state index in [1.807, 2.05) is 30.3 Å². The highest BCUT2D eigenvalue weighted by Crippen LogP contribution is 2.37. The third-order valence-corrected chi connectivity index (χ3v) is 4.36. The molecule has 0 atom stereocenters. The highest BCUT2D eigenvalue weighted by Gasteiger charge is 2.27. The lowest BCUT2D eigenvalue weighted by molar-refractivity contribution is -0.385. The third kappa shape index (κ3) is 5.35. The van der Waals surface area contributed by atoms with Gasteiger partial charge < -0.3 is 21.1 Å². The van der Waals surface area contributed by atoms with Gasteiger partial charge in [0.1, 0.15) is 5.75 Å². The number of hydrogen-bond acceptors (Lipinski definition) is 8. The van der Waals surface area contributed by atoms with Gasteiger partial charge in [-0.15, -0.1) is 0 Å². The van der Waals surface area contributed by atoms with Crippen molar-refractivity contribution in [3.8, 4) is 11.6 Å². The van der Waals surface area contributed by atoms with Gasteiger partial charge in [-0.25, -0.2) is 4.79 Å². The van der Waals surface area contributed by atoms with Crippen LogP contribution in [0.25, 0.3) is 0 Å². The predicted molar refractivity (Wildman–Crippen MR) is 114 cm³/mol. The Morgan fingerprint density at radius 3 is 2.63 bits per heavy atom. The third-order valence-electron chi connectivity index (χ3n) is 3.82. The second-order valence-electron chi connectivity index (χ2n) is 5.93. The highest BCUT2D eigenvalue weighted by atomic mass is 32.2. The first-order valence-electron chi connectivity index (χ1n) is 8.69. The minimum atomic E-state index is -0.739. The molecule has 0 aliphatic heterocycles. The quantitative estimate of drug-likeness (QED) is 0.212. The number of benzene rings is 2. The van der Waals surface area contributed by atoms with Crippen molar-refractivity contribution < 1.29 is 14.5 Å². The standard InChI is InChI=1S/C19H18N6O4S/c1-30-19-23-16(21-11-12-6-3-2-4-7-12)15(25(27)28)17(24-19)29-14-9-5-8-13(10-14)22-18(20)26/h2-10H,11H2,1H3,(H3,20,22,26)(H,21,23,24). The number of rotatable bonds is 8. The minimum Gasteiger partial charge on any atom is -0.433 e. The molecule has 0 aliphatic rings. The molecule has 11 heteroatoms. The molecule has 0 unspecified atom stereocenters. The van der Waals surface area contributed by atoms with Gasteiger partial charge in [-0.2, -0.15) is 9.97 Å². The largest absolute Gasteiger partial charge is 0.433 e. The van der Waals surface area contributed by atoms with E-state index in [0.717, 1.165) is 5.56 Å². The number of nitro groups is 1. The van der Waals surface area contributed by atoms with Gasteiger partial charge in [0.05, 0.1) is 4.92 Å². The number of nitrogens with zero attached hydrogens (tertiary/aromatic N) is 3. The van der Waals surface area contributed by atoms with Crippen LogP contribution in [0.3, 0.4) is 0 Å². The normalized spacial score (nSPS) is 10.3. The number of primary amides is 1. The molecule has 0 fully saturated rings. The smallest absolute Gasteiger partial charge is 0.373 e. The number of anilines is 2. The van der Waals surface area contributed by atoms with Gasteiger partial charge in [0.15, 0.2) is 5.16 Å². The van der Waals surface area contributed by atoms with E-state index < -0.39 is 16.6 Å². The second kappa shape index (κ2) is 9.56. The molecule has 0 saturated carbocycles. The number of ether oxygens (including phenoxy) is 1. The van der Waals surface area contributed by atoms with E-state index >= 15 is 0 Å². The van der Waals surface area contributed by atoms with Gasteiger partial charge >= 0.3 is 17.6 Å². The summed E-state index contributed by atoms with van der Waals surface area (Å²) in [6.45, 7) is 0.337. The van der Waals surface area contributed by atoms with Crippen LogP contribution in [0.5, 0.6) is 11.6 Å². The summed E-state index contributed by atoms with van der Waals surface area (Å²) in [7, 11) is 0. The summed E-state index contributed by atoms with van der Waals surface area (Å²) < 4.78 is 5.69. The predicted octanol–water partition coefficient (Wildman–Crippen LogP) is 4.00. The molecule has 4 N–H and O–H groups in total. The monoisotopic (exact) mass is 426 g/mol. The van der Waals surface area contributed by atoms with Crippen LogP contribution in [0.4, 0.5) is 22.0 Å². The number of nitrogens with two attached hydrogens (primary N) is 1. The van der Waals surface area contributed by atoms with Crippen molar-refractivity contribution in [2.24, 2.45) is 5.73 Å². The van der Waals surface area contributed by atoms with Gasteiger partial charge in [0.25, 0.3) is 0 Å². The zero-order valence-corrected chi connectivity index (χ0v) is 16.7. The summed E-state index contributed by atoms with van der Waals surface area (Å²) >= 11 is 1.22. The summed E-state index contributed by atoms with van der Waals surface area (Å²) in [5.41, 5.74) is 6.04. The van der Waals surface area contributed by atoms with E-state index in [4.69, 9.17) is 10.5 Å². The van der Waals surface area contributed by atoms with Crippen LogP contribution in [0, 0.1) is 10.1 Å². The molecule has 154 valence electrons. The fourth-order valence-electron chi connectivity index (χ4n) is 2.54. The number of hydrogen-bond donors (Lipinski definition) is 3. The summed E-state index contributed by atoms with van der Waals surface area (Å²) in [6.07, 6.45) is 1.75. The molecule has 30 heavy (non-hydrogen) atoms. The summed E-state index contributed by atoms with van der Waals surface area (Å²) in [5, 5.41) is 17.5. The van der Waals surface area contributed by atoms with Crippen LogP contribution in [-0.2, 0) is 6.54 Å². The molecule has 1 heterocycles. The van der Waals surface area contributed by atoms with Crippen molar-refractivity contribution in [3.05, 3.63) is 70.3 Å². The van der Waals surface area contributed by atoms with Crippen LogP contribution in [0.15, 0.2) is 59.8 Å². The van der Waals surface area contributed by atoms with Crippen molar-refractivity contribution in [2.75, 3.05) is 16.9 Å². The molecule has 0 spiro atoms. The van der Waals surface area contributed by atoms with E-state index in [9.17, 15) is 14.9 Å². The molecule has 0 bridgehead atoms. The lowest BCUT2D eigenvalue weighted by atomic mass is 10.2. The molecule has 2 aromatic carbocycles. The zero-order chi connectivity index (χ0) is 21.5. The molecule has 0 aliphatic carbocycles. The average molecular weight is 426 g/mol. The molecule has 2 amide bonds. The molecule has 3 aromatic rings. The Balaban J connectivity index is 1.95. The summed E-state index contributed by atoms with van der Waals surface area (Å²) in [5.74, 6) is 0.0693. The molecule has 1 aromatic heterocycles. The Morgan fingerprint density at radius 2 is 1.97 bits per heavy atom. The minimum absolute atomic E-state index is 0.0459. The maximum absolute atomic E-state index is 11.8. The fraction of sp³-hybridized carbons (Fsp3) is 0.105. The van der Waals surface area contributed by atoms with E-state index in [1.54, 1.807) is 24.5 Å². The van der Waals surface area contributed by atoms with Crippen molar-refractivity contribution in [1.82, 2.24) is 9.97 Å². The number of urea groups is 1. The Kier molecular flexibility index (Phi) is 6.65. The van der Waals surface area contributed by atoms with Crippen molar-refractivity contribution in [3.63, 3.8) is 0 Å². The number of aromatic nitrogens is 2. The Morgan fingerprint density at radius 1 is 1.20 bits per heavy atom. The van der Waals surface area contributed by atoms with Gasteiger partial charge in [-0.1, -0.05) is 48.2 Å². The lowest BCUT2D eigenvalue weighted by Crippen LogP contribution is -2.19. The first kappa shape index (κ1) is 20.9. The van der Waals surface area contributed by atoms with Crippen molar-refractivity contribution in [1.29, 1.82) is 0 Å². The van der Waals surface area contributed by atoms with Crippen LogP contribution >= 0.6 is 11.8 Å². The van der Waals surface area contributed by atoms with E-state index in [0.29, 0.717) is 17.4 Å². The zero-order valence-electron chi connectivity index (χ0n) is 15.9. The second-order valence-corrected chi connectivity index (χ2v) is 6.70. The highest BCUT2D eigenvalue weighted by molar-refractivity contribution is 7.98. The van der Waals surface area contributed by atoms with Crippen LogP contribution < -0.4 is 21.1 Å². The number of carbonyl (C=O) groups is 1. The number of amides is 2. The summed E-state index contributed by atoms with van der Waals surface area (Å²) in [4.78, 5) is 30.6. The molecular weight excluding hydrogens is 408 g/mol. The van der Waals surface area contributed by atoms with Gasteiger partial charge in [0, 0.05) is 18.3 Å². The van der Waals surface area contributed by atoms with Gasteiger partial charge in [0.2, 0.25) is 5.82 Å². The Labute approximate surface area is 176 Å². The first-order valence-corrected chi connectivity index (χ1v) is 9.91. The number of thioether (sulfide) groups is 1. The van der Waals surface area contributed by atoms with E-state index in [2.05, 4.69) is 20.6 Å². The lowest BCUT2D eigenvalue weighted by Gasteiger charge is -2.12. The van der Waals surface area contributed by atoms with Gasteiger partial charge in [-0.05, 0) is 24.0 Å². The average Bonchev–Trinajstić information content (AvgIpc) is 2.72. The summed E-state index contributed by atoms with van der Waals surface area (Å²) in [6, 6.07) is 15.0. The molecule has 0 radical (unpaired) electrons. The molecule has 0 saturated heterocycles. The van der Waals surface area contributed by atoms with Crippen molar-refractivity contribution >= 4 is 35.0 Å². The topological polar surface area (TPSA) is 145 Å². The van der Waals surface area contributed by atoms with Gasteiger partial charge in [-0.3, -0.25) is 10.1 Å². The van der Waals surface area contributed by atoms with E-state index in [1.165, 1.54) is 17.8 Å². The number of nitrogens with one attached hydrogen (secondary N) is 2. The fourth-order valence-corrected chi connectivity index (χ4v) is 2.89. The maximum atomic E-state index is 11.8. The van der Waals surface area contributed by atoms with Crippen molar-refractivity contribution in [2.45, 2.75) is 11.7 Å². The first-order chi connectivity index (χ1) is 14.5. The molecular formula is C19H18N6O4S. The van der Waals surface area contributed by atoms with Crippen LogP contribution in [0.1, 0.15) is 5.56 Å². The number of carbonyl (C=O) groups excluding carboxylic acids is 1. The molecule has 10 nitrogen and oxygen atoms in total. The van der Waals surface area contributed by atoms with Crippen LogP contribution in [0.2, 0.25) is 0 Å². The Hall–Kier alpha value is -3.86. The SMILES string of the molecule is CSc1nc(NCc2ccccc2)c([N+](=O)[O-])c(Oc2cccc(NC(N)=O)c2)n1. The van der Waals surface area contributed by atoms with Crippen LogP contribution in [-0.4, -0.2) is 27.2 Å².